The van der Waals surface area contributed by atoms with Crippen molar-refractivity contribution in [2.75, 3.05) is 6.54 Å². The lowest BCUT2D eigenvalue weighted by Gasteiger charge is -2.27. The molecule has 1 aliphatic carbocycles. The van der Waals surface area contributed by atoms with Crippen molar-refractivity contribution in [2.24, 2.45) is 17.6 Å². The fourth-order valence-corrected chi connectivity index (χ4v) is 4.25. The van der Waals surface area contributed by atoms with Crippen LogP contribution >= 0.6 is 0 Å². The van der Waals surface area contributed by atoms with Crippen LogP contribution in [0.2, 0.25) is 0 Å². The van der Waals surface area contributed by atoms with Gasteiger partial charge in [-0.1, -0.05) is 39.5 Å². The van der Waals surface area contributed by atoms with Gasteiger partial charge in [-0.05, 0) is 44.4 Å². The predicted octanol–water partition coefficient (Wildman–Crippen LogP) is 2.76. The zero-order valence-electron chi connectivity index (χ0n) is 15.8. The molecule has 2 unspecified atom stereocenters. The summed E-state index contributed by atoms with van der Waals surface area (Å²) in [7, 11) is 0. The number of rotatable bonds is 10. The molecule has 4 N–H and O–H groups in total. The van der Waals surface area contributed by atoms with E-state index in [9.17, 15) is 9.59 Å². The minimum absolute atomic E-state index is 0.00921. The molecule has 6 heteroatoms. The minimum Gasteiger partial charge on any atom is -0.369 e. The summed E-state index contributed by atoms with van der Waals surface area (Å²) in [5.41, 5.74) is 4.83. The maximum Gasteiger partial charge on any atom is 0.255 e. The molecule has 142 valence electrons. The molecule has 6 nitrogen and oxygen atoms in total. The zero-order chi connectivity index (χ0) is 18.4. The van der Waals surface area contributed by atoms with Gasteiger partial charge in [0.25, 0.3) is 5.91 Å². The number of carbonyl (C=O) groups is 2. The topological polar surface area (TPSA) is 99.3 Å². The van der Waals surface area contributed by atoms with Crippen LogP contribution in [-0.4, -0.2) is 34.8 Å². The first kappa shape index (κ1) is 19.7. The van der Waals surface area contributed by atoms with Gasteiger partial charge in [0.2, 0.25) is 5.91 Å². The second-order valence-corrected chi connectivity index (χ2v) is 7.79. The van der Waals surface area contributed by atoms with Gasteiger partial charge in [-0.25, -0.2) is 0 Å². The number of unbranched alkanes of at least 4 members (excludes halogenated alkanes) is 2. The largest absolute Gasteiger partial charge is 0.369 e. The number of hydrogen-bond acceptors (Lipinski definition) is 3. The summed E-state index contributed by atoms with van der Waals surface area (Å²) < 4.78 is 0. The Morgan fingerprint density at radius 1 is 1.28 bits per heavy atom. The summed E-state index contributed by atoms with van der Waals surface area (Å²) in [5, 5.41) is 11.5. The number of hydrogen-bond donors (Lipinski definition) is 3. The monoisotopic (exact) mass is 350 g/mol. The van der Waals surface area contributed by atoms with Crippen LogP contribution in [0.5, 0.6) is 0 Å². The van der Waals surface area contributed by atoms with Crippen LogP contribution in [0.15, 0.2) is 0 Å². The molecule has 25 heavy (non-hydrogen) atoms. The van der Waals surface area contributed by atoms with Crippen LogP contribution in [0.4, 0.5) is 0 Å². The summed E-state index contributed by atoms with van der Waals surface area (Å²) in [6.07, 6.45) is 9.21. The third-order valence-electron chi connectivity index (χ3n) is 5.90. The summed E-state index contributed by atoms with van der Waals surface area (Å²) >= 11 is 0. The lowest BCUT2D eigenvalue weighted by molar-refractivity contribution is -0.132. The quantitative estimate of drug-likeness (QED) is 0.565. The van der Waals surface area contributed by atoms with E-state index in [0.29, 0.717) is 12.5 Å². The van der Waals surface area contributed by atoms with Crippen LogP contribution in [0.3, 0.4) is 0 Å². The molecule has 2 rings (SSSR count). The predicted molar refractivity (Wildman–Crippen MR) is 99.0 cm³/mol. The van der Waals surface area contributed by atoms with Gasteiger partial charge in [0.15, 0.2) is 5.96 Å². The second-order valence-electron chi connectivity index (χ2n) is 7.79. The Labute approximate surface area is 151 Å². The maximum absolute atomic E-state index is 13.1. The standard InChI is InChI=1S/C19H34N4O2/c1-3-5-10-19(11-6-4-2)17(25)23(18(21)22-19)12-9-14-7-8-15(13-14)16(20)24/h14-15H,3-13H2,1-2H3,(H2,20,24)(H2,21,22). The molecule has 0 aromatic heterocycles. The molecule has 1 aliphatic heterocycles. The van der Waals surface area contributed by atoms with Crippen LogP contribution in [0.25, 0.3) is 0 Å². The average molecular weight is 351 g/mol. The Hall–Kier alpha value is -1.59. The fraction of sp³-hybridized carbons (Fsp3) is 0.842. The van der Waals surface area contributed by atoms with Crippen molar-refractivity contribution >= 4 is 17.8 Å². The number of nitrogens with zero attached hydrogens (tertiary/aromatic N) is 1. The fourth-order valence-electron chi connectivity index (χ4n) is 4.25. The van der Waals surface area contributed by atoms with Crippen molar-refractivity contribution in [2.45, 2.75) is 83.6 Å². The number of primary amides is 1. The Bertz CT molecular complexity index is 498. The van der Waals surface area contributed by atoms with Gasteiger partial charge in [-0.3, -0.25) is 19.9 Å². The molecule has 2 fully saturated rings. The lowest BCUT2D eigenvalue weighted by Crippen LogP contribution is -2.47. The van der Waals surface area contributed by atoms with Crippen molar-refractivity contribution < 1.29 is 9.59 Å². The summed E-state index contributed by atoms with van der Waals surface area (Å²) in [6.45, 7) is 4.83. The van der Waals surface area contributed by atoms with Crippen molar-refractivity contribution in [1.82, 2.24) is 10.2 Å². The molecule has 1 saturated carbocycles. The van der Waals surface area contributed by atoms with Crippen LogP contribution in [0, 0.1) is 17.2 Å². The third kappa shape index (κ3) is 4.53. The number of carbonyl (C=O) groups excluding carboxylic acids is 2. The van der Waals surface area contributed by atoms with E-state index in [1.165, 1.54) is 0 Å². The highest BCUT2D eigenvalue weighted by atomic mass is 16.2. The molecule has 2 aliphatic rings. The van der Waals surface area contributed by atoms with E-state index in [4.69, 9.17) is 11.1 Å². The first-order valence-electron chi connectivity index (χ1n) is 9.91. The second kappa shape index (κ2) is 8.68. The first-order valence-corrected chi connectivity index (χ1v) is 9.91. The van der Waals surface area contributed by atoms with Gasteiger partial charge in [-0.15, -0.1) is 0 Å². The SMILES string of the molecule is CCCCC1(CCCC)NC(=N)N(CCC2CCC(C(N)=O)C2)C1=O. The Kier molecular flexibility index (Phi) is 6.85. The minimum atomic E-state index is -0.575. The summed E-state index contributed by atoms with van der Waals surface area (Å²) in [6, 6.07) is 0. The zero-order valence-corrected chi connectivity index (χ0v) is 15.8. The lowest BCUT2D eigenvalue weighted by atomic mass is 9.87. The first-order chi connectivity index (χ1) is 11.9. The number of amides is 2. The Morgan fingerprint density at radius 3 is 2.44 bits per heavy atom. The molecule has 1 heterocycles. The molecule has 2 atom stereocenters. The van der Waals surface area contributed by atoms with Gasteiger partial charge in [0, 0.05) is 12.5 Å². The van der Waals surface area contributed by atoms with E-state index in [-0.39, 0.29) is 23.7 Å². The van der Waals surface area contributed by atoms with Gasteiger partial charge >= 0.3 is 0 Å². The van der Waals surface area contributed by atoms with Crippen LogP contribution < -0.4 is 11.1 Å². The van der Waals surface area contributed by atoms with E-state index in [0.717, 1.165) is 64.2 Å². The number of guanidine groups is 1. The van der Waals surface area contributed by atoms with Crippen molar-refractivity contribution in [3.63, 3.8) is 0 Å². The summed E-state index contributed by atoms with van der Waals surface area (Å²) in [5.74, 6) is 0.544. The van der Waals surface area contributed by atoms with Crippen molar-refractivity contribution in [3.8, 4) is 0 Å². The molecule has 0 aromatic rings. The van der Waals surface area contributed by atoms with E-state index in [2.05, 4.69) is 19.2 Å². The highest BCUT2D eigenvalue weighted by Gasteiger charge is 2.48. The average Bonchev–Trinajstić information content (AvgIpc) is 3.14. The van der Waals surface area contributed by atoms with Gasteiger partial charge in [-0.2, -0.15) is 0 Å². The van der Waals surface area contributed by atoms with E-state index in [1.54, 1.807) is 4.90 Å². The molecule has 2 amide bonds. The molecule has 0 spiro atoms. The molecular formula is C19H34N4O2. The van der Waals surface area contributed by atoms with Gasteiger partial charge in [0.05, 0.1) is 0 Å². The number of nitrogens with one attached hydrogen (secondary N) is 2. The van der Waals surface area contributed by atoms with Crippen molar-refractivity contribution in [1.29, 1.82) is 5.41 Å². The number of nitrogens with two attached hydrogens (primary N) is 1. The van der Waals surface area contributed by atoms with E-state index >= 15 is 0 Å². The molecular weight excluding hydrogens is 316 g/mol. The van der Waals surface area contributed by atoms with Crippen molar-refractivity contribution in [3.05, 3.63) is 0 Å². The smallest absolute Gasteiger partial charge is 0.255 e. The van der Waals surface area contributed by atoms with E-state index < -0.39 is 5.54 Å². The normalized spacial score (nSPS) is 25.4. The maximum atomic E-state index is 13.1. The van der Waals surface area contributed by atoms with Gasteiger partial charge < -0.3 is 11.1 Å². The van der Waals surface area contributed by atoms with Crippen LogP contribution in [0.1, 0.15) is 78.1 Å². The Morgan fingerprint density at radius 2 is 1.92 bits per heavy atom. The molecule has 0 bridgehead atoms. The van der Waals surface area contributed by atoms with E-state index in [1.807, 2.05) is 0 Å². The molecule has 0 aromatic carbocycles. The molecule has 0 radical (unpaired) electrons. The third-order valence-corrected chi connectivity index (χ3v) is 5.90. The summed E-state index contributed by atoms with van der Waals surface area (Å²) in [4.78, 5) is 26.0. The molecule has 1 saturated heterocycles. The van der Waals surface area contributed by atoms with Crippen LogP contribution in [-0.2, 0) is 9.59 Å². The van der Waals surface area contributed by atoms with Gasteiger partial charge in [0.1, 0.15) is 5.54 Å². The highest BCUT2D eigenvalue weighted by Crippen LogP contribution is 2.34. The highest BCUT2D eigenvalue weighted by molar-refractivity contribution is 6.07. The Balaban J connectivity index is 1.95.